The maximum Gasteiger partial charge on any atom is 0.303 e. The number of hydrogen-bond donors (Lipinski definition) is 1. The third-order valence-corrected chi connectivity index (χ3v) is 2.61. The van der Waals surface area contributed by atoms with Crippen molar-refractivity contribution in [1.82, 2.24) is 4.98 Å². The molecule has 0 fully saturated rings. The van der Waals surface area contributed by atoms with E-state index in [1.807, 2.05) is 12.1 Å². The van der Waals surface area contributed by atoms with E-state index in [0.717, 1.165) is 19.3 Å². The second kappa shape index (κ2) is 6.17. The summed E-state index contributed by atoms with van der Waals surface area (Å²) in [5, 5.41) is 8.56. The van der Waals surface area contributed by atoms with E-state index in [2.05, 4.69) is 11.9 Å². The third kappa shape index (κ3) is 4.11. The minimum absolute atomic E-state index is 0.265. The Labute approximate surface area is 90.2 Å². The van der Waals surface area contributed by atoms with Crippen molar-refractivity contribution in [1.29, 1.82) is 0 Å². The Balaban J connectivity index is 2.46. The first kappa shape index (κ1) is 11.7. The maximum absolute atomic E-state index is 10.4. The van der Waals surface area contributed by atoms with Gasteiger partial charge in [-0.1, -0.05) is 6.92 Å². The lowest BCUT2D eigenvalue weighted by molar-refractivity contribution is -0.137. The van der Waals surface area contributed by atoms with Crippen molar-refractivity contribution >= 4 is 5.97 Å². The molecule has 0 saturated carbocycles. The summed E-state index contributed by atoms with van der Waals surface area (Å²) in [5.41, 5.74) is 1.26. The molecule has 1 rings (SSSR count). The molecule has 0 aromatic carbocycles. The number of carboxylic acid groups (broad SMARTS) is 1. The van der Waals surface area contributed by atoms with E-state index in [1.165, 1.54) is 5.56 Å². The molecule has 0 spiro atoms. The molecule has 0 saturated heterocycles. The minimum Gasteiger partial charge on any atom is -0.481 e. The normalized spacial score (nSPS) is 12.3. The number of rotatable bonds is 6. The lowest BCUT2D eigenvalue weighted by Crippen LogP contribution is -2.00. The van der Waals surface area contributed by atoms with Crippen LogP contribution in [0.15, 0.2) is 24.5 Å². The molecule has 1 heterocycles. The van der Waals surface area contributed by atoms with Gasteiger partial charge in [-0.25, -0.2) is 0 Å². The van der Waals surface area contributed by atoms with Crippen molar-refractivity contribution in [2.75, 3.05) is 0 Å². The average Bonchev–Trinajstić information content (AvgIpc) is 2.25. The Morgan fingerprint density at radius 1 is 1.47 bits per heavy atom. The topological polar surface area (TPSA) is 50.2 Å². The molecular weight excluding hydrogens is 190 g/mol. The number of carboxylic acids is 1. The van der Waals surface area contributed by atoms with Crippen molar-refractivity contribution in [3.63, 3.8) is 0 Å². The Morgan fingerprint density at radius 2 is 2.13 bits per heavy atom. The fraction of sp³-hybridized carbons (Fsp3) is 0.500. The smallest absolute Gasteiger partial charge is 0.303 e. The van der Waals surface area contributed by atoms with Gasteiger partial charge in [0.25, 0.3) is 0 Å². The zero-order valence-electron chi connectivity index (χ0n) is 9.02. The van der Waals surface area contributed by atoms with Gasteiger partial charge in [0.05, 0.1) is 0 Å². The largest absolute Gasteiger partial charge is 0.481 e. The third-order valence-electron chi connectivity index (χ3n) is 2.61. The summed E-state index contributed by atoms with van der Waals surface area (Å²) in [6.45, 7) is 2.13. The Hall–Kier alpha value is -1.38. The molecule has 82 valence electrons. The van der Waals surface area contributed by atoms with Gasteiger partial charge < -0.3 is 5.11 Å². The number of hydrogen-bond acceptors (Lipinski definition) is 2. The van der Waals surface area contributed by atoms with E-state index in [4.69, 9.17) is 5.11 Å². The van der Waals surface area contributed by atoms with Gasteiger partial charge in [0.15, 0.2) is 0 Å². The van der Waals surface area contributed by atoms with Gasteiger partial charge in [-0.2, -0.15) is 0 Å². The quantitative estimate of drug-likeness (QED) is 0.780. The van der Waals surface area contributed by atoms with Crippen LogP contribution in [-0.2, 0) is 4.79 Å². The molecule has 15 heavy (non-hydrogen) atoms. The molecule has 3 heteroatoms. The van der Waals surface area contributed by atoms with Gasteiger partial charge in [0.2, 0.25) is 0 Å². The van der Waals surface area contributed by atoms with Gasteiger partial charge in [-0.05, 0) is 42.9 Å². The summed E-state index contributed by atoms with van der Waals surface area (Å²) < 4.78 is 0. The van der Waals surface area contributed by atoms with E-state index in [9.17, 15) is 4.79 Å². The van der Waals surface area contributed by atoms with E-state index in [1.54, 1.807) is 12.4 Å². The van der Waals surface area contributed by atoms with E-state index in [-0.39, 0.29) is 6.42 Å². The zero-order valence-corrected chi connectivity index (χ0v) is 9.02. The molecule has 1 unspecified atom stereocenters. The lowest BCUT2D eigenvalue weighted by Gasteiger charge is -2.13. The predicted molar refractivity (Wildman–Crippen MR) is 58.8 cm³/mol. The van der Waals surface area contributed by atoms with Crippen LogP contribution < -0.4 is 0 Å². The standard InChI is InChI=1S/C12H17NO2/c1-2-10(4-3-5-12(14)15)11-6-8-13-9-7-11/h6-10H,2-5H2,1H3,(H,14,15). The number of nitrogens with zero attached hydrogens (tertiary/aromatic N) is 1. The Kier molecular flexibility index (Phi) is 4.81. The van der Waals surface area contributed by atoms with E-state index in [0.29, 0.717) is 5.92 Å². The average molecular weight is 207 g/mol. The number of aliphatic carboxylic acids is 1. The molecule has 3 nitrogen and oxygen atoms in total. The van der Waals surface area contributed by atoms with Crippen LogP contribution in [0.3, 0.4) is 0 Å². The first-order valence-electron chi connectivity index (χ1n) is 5.35. The second-order valence-electron chi connectivity index (χ2n) is 3.67. The molecule has 0 aliphatic rings. The monoisotopic (exact) mass is 207 g/mol. The second-order valence-corrected chi connectivity index (χ2v) is 3.67. The molecular formula is C12H17NO2. The van der Waals surface area contributed by atoms with Gasteiger partial charge in [0, 0.05) is 18.8 Å². The van der Waals surface area contributed by atoms with Crippen LogP contribution in [0.25, 0.3) is 0 Å². The summed E-state index contributed by atoms with van der Waals surface area (Å²) in [4.78, 5) is 14.4. The highest BCUT2D eigenvalue weighted by molar-refractivity contribution is 5.66. The summed E-state index contributed by atoms with van der Waals surface area (Å²) in [5.74, 6) is -0.244. The van der Waals surface area contributed by atoms with Crippen LogP contribution in [-0.4, -0.2) is 16.1 Å². The van der Waals surface area contributed by atoms with Crippen LogP contribution in [0.4, 0.5) is 0 Å². The fourth-order valence-electron chi connectivity index (χ4n) is 1.74. The SMILES string of the molecule is CCC(CCCC(=O)O)c1ccncc1. The Bertz CT molecular complexity index is 298. The highest BCUT2D eigenvalue weighted by Crippen LogP contribution is 2.24. The molecule has 0 aliphatic carbocycles. The van der Waals surface area contributed by atoms with E-state index >= 15 is 0 Å². The lowest BCUT2D eigenvalue weighted by atomic mass is 9.92. The van der Waals surface area contributed by atoms with Crippen LogP contribution in [0.2, 0.25) is 0 Å². The Morgan fingerprint density at radius 3 is 2.67 bits per heavy atom. The molecule has 0 amide bonds. The summed E-state index contributed by atoms with van der Waals surface area (Å²) in [7, 11) is 0. The van der Waals surface area contributed by atoms with Gasteiger partial charge in [-0.3, -0.25) is 9.78 Å². The molecule has 1 N–H and O–H groups in total. The first-order valence-corrected chi connectivity index (χ1v) is 5.35. The number of carbonyl (C=O) groups is 1. The van der Waals surface area contributed by atoms with Crippen molar-refractivity contribution < 1.29 is 9.90 Å². The van der Waals surface area contributed by atoms with E-state index < -0.39 is 5.97 Å². The van der Waals surface area contributed by atoms with Crippen molar-refractivity contribution in [3.8, 4) is 0 Å². The van der Waals surface area contributed by atoms with Crippen molar-refractivity contribution in [3.05, 3.63) is 30.1 Å². The highest BCUT2D eigenvalue weighted by Gasteiger charge is 2.09. The highest BCUT2D eigenvalue weighted by atomic mass is 16.4. The fourth-order valence-corrected chi connectivity index (χ4v) is 1.74. The zero-order chi connectivity index (χ0) is 11.1. The molecule has 1 aromatic rings. The predicted octanol–water partition coefficient (Wildman–Crippen LogP) is 2.83. The summed E-state index contributed by atoms with van der Waals surface area (Å²) in [6.07, 6.45) is 6.57. The first-order chi connectivity index (χ1) is 7.24. The molecule has 1 atom stereocenters. The van der Waals surface area contributed by atoms with Crippen molar-refractivity contribution in [2.45, 2.75) is 38.5 Å². The molecule has 0 radical (unpaired) electrons. The van der Waals surface area contributed by atoms with Crippen LogP contribution in [0.5, 0.6) is 0 Å². The molecule has 0 bridgehead atoms. The van der Waals surface area contributed by atoms with Crippen LogP contribution in [0, 0.1) is 0 Å². The summed E-state index contributed by atoms with van der Waals surface area (Å²) >= 11 is 0. The summed E-state index contributed by atoms with van der Waals surface area (Å²) in [6, 6.07) is 4.02. The van der Waals surface area contributed by atoms with Gasteiger partial charge >= 0.3 is 5.97 Å². The van der Waals surface area contributed by atoms with Crippen molar-refractivity contribution in [2.24, 2.45) is 0 Å². The van der Waals surface area contributed by atoms with Gasteiger partial charge in [-0.15, -0.1) is 0 Å². The molecule has 1 aromatic heterocycles. The maximum atomic E-state index is 10.4. The van der Waals surface area contributed by atoms with Crippen LogP contribution >= 0.6 is 0 Å². The minimum atomic E-state index is -0.709. The van der Waals surface area contributed by atoms with Crippen LogP contribution in [0.1, 0.15) is 44.1 Å². The van der Waals surface area contributed by atoms with Gasteiger partial charge in [0.1, 0.15) is 0 Å². The molecule has 0 aliphatic heterocycles. The number of aromatic nitrogens is 1. The number of pyridine rings is 1.